The fourth-order valence-corrected chi connectivity index (χ4v) is 1.52. The third kappa shape index (κ3) is 2.15. The summed E-state index contributed by atoms with van der Waals surface area (Å²) in [5.74, 6) is 4.62. The number of aromatic nitrogens is 3. The second-order valence-corrected chi connectivity index (χ2v) is 3.66. The van der Waals surface area contributed by atoms with Gasteiger partial charge >= 0.3 is 0 Å². The Labute approximate surface area is 99.6 Å². The second kappa shape index (κ2) is 4.55. The van der Waals surface area contributed by atoms with E-state index < -0.39 is 5.82 Å². The van der Waals surface area contributed by atoms with E-state index in [1.165, 1.54) is 29.4 Å². The summed E-state index contributed by atoms with van der Waals surface area (Å²) in [5.41, 5.74) is 5.66. The molecule has 1 aromatic heterocycles. The SMILES string of the molecule is Nc1c(F)cc(-n2cnnc2)cc1N(N)SF. The smallest absolute Gasteiger partial charge is 0.181 e. The molecular formula is C8H8F2N6S. The molecule has 0 saturated carbocycles. The summed E-state index contributed by atoms with van der Waals surface area (Å²) in [5, 5.41) is 7.16. The van der Waals surface area contributed by atoms with Crippen molar-refractivity contribution in [1.82, 2.24) is 14.8 Å². The third-order valence-corrected chi connectivity index (χ3v) is 2.47. The Hall–Kier alpha value is -1.87. The molecule has 6 nitrogen and oxygen atoms in total. The molecule has 0 unspecified atom stereocenters. The van der Waals surface area contributed by atoms with Crippen LogP contribution in [0, 0.1) is 5.82 Å². The van der Waals surface area contributed by atoms with Crippen LogP contribution in [0.5, 0.6) is 0 Å². The van der Waals surface area contributed by atoms with Gasteiger partial charge in [-0.05, 0) is 6.07 Å². The maximum Gasteiger partial charge on any atom is 0.181 e. The molecule has 90 valence electrons. The van der Waals surface area contributed by atoms with Gasteiger partial charge in [0.1, 0.15) is 18.5 Å². The van der Waals surface area contributed by atoms with E-state index in [2.05, 4.69) is 10.2 Å². The molecule has 0 atom stereocenters. The van der Waals surface area contributed by atoms with E-state index in [1.807, 2.05) is 0 Å². The molecule has 0 spiro atoms. The lowest BCUT2D eigenvalue weighted by atomic mass is 10.2. The number of nitrogen functional groups attached to an aromatic ring is 1. The van der Waals surface area contributed by atoms with Crippen LogP contribution in [0.1, 0.15) is 0 Å². The minimum Gasteiger partial charge on any atom is -0.395 e. The van der Waals surface area contributed by atoms with Gasteiger partial charge < -0.3 is 5.73 Å². The van der Waals surface area contributed by atoms with Crippen LogP contribution >= 0.6 is 12.3 Å². The van der Waals surface area contributed by atoms with Crippen molar-refractivity contribution in [2.24, 2.45) is 5.84 Å². The zero-order valence-electron chi connectivity index (χ0n) is 8.42. The first-order valence-electron chi connectivity index (χ1n) is 4.41. The lowest BCUT2D eigenvalue weighted by Crippen LogP contribution is -2.22. The molecular weight excluding hydrogens is 250 g/mol. The van der Waals surface area contributed by atoms with Crippen LogP contribution in [-0.4, -0.2) is 14.8 Å². The molecule has 17 heavy (non-hydrogen) atoms. The van der Waals surface area contributed by atoms with Gasteiger partial charge in [0.15, 0.2) is 12.3 Å². The number of hydrogen-bond acceptors (Lipinski definition) is 6. The van der Waals surface area contributed by atoms with Gasteiger partial charge in [0, 0.05) is 6.07 Å². The highest BCUT2D eigenvalue weighted by Crippen LogP contribution is 2.31. The van der Waals surface area contributed by atoms with Gasteiger partial charge in [0.2, 0.25) is 0 Å². The summed E-state index contributed by atoms with van der Waals surface area (Å²) < 4.78 is 28.0. The molecule has 2 aromatic rings. The van der Waals surface area contributed by atoms with Crippen LogP contribution in [0.25, 0.3) is 5.69 Å². The largest absolute Gasteiger partial charge is 0.395 e. The highest BCUT2D eigenvalue weighted by Gasteiger charge is 2.14. The van der Waals surface area contributed by atoms with E-state index in [-0.39, 0.29) is 23.7 Å². The van der Waals surface area contributed by atoms with E-state index >= 15 is 0 Å². The van der Waals surface area contributed by atoms with Crippen LogP contribution < -0.4 is 16.0 Å². The number of benzene rings is 1. The Morgan fingerprint density at radius 1 is 1.29 bits per heavy atom. The molecule has 1 aromatic carbocycles. The summed E-state index contributed by atoms with van der Waals surface area (Å²) in [4.78, 5) is 0. The van der Waals surface area contributed by atoms with Gasteiger partial charge in [0.05, 0.1) is 17.1 Å². The zero-order valence-corrected chi connectivity index (χ0v) is 9.23. The van der Waals surface area contributed by atoms with E-state index in [0.29, 0.717) is 10.1 Å². The Balaban J connectivity index is 2.53. The lowest BCUT2D eigenvalue weighted by molar-refractivity contribution is 0.631. The maximum atomic E-state index is 13.5. The second-order valence-electron chi connectivity index (χ2n) is 3.12. The number of anilines is 2. The van der Waals surface area contributed by atoms with Gasteiger partial charge in [0.25, 0.3) is 0 Å². The fraction of sp³-hybridized carbons (Fsp3) is 0. The van der Waals surface area contributed by atoms with Crippen LogP contribution in [0.2, 0.25) is 0 Å². The van der Waals surface area contributed by atoms with Gasteiger partial charge in [-0.15, -0.1) is 14.1 Å². The van der Waals surface area contributed by atoms with E-state index in [4.69, 9.17) is 11.6 Å². The van der Waals surface area contributed by atoms with Crippen molar-refractivity contribution in [3.05, 3.63) is 30.6 Å². The normalized spacial score (nSPS) is 10.5. The van der Waals surface area contributed by atoms with Gasteiger partial charge in [-0.2, -0.15) is 0 Å². The Morgan fingerprint density at radius 2 is 1.94 bits per heavy atom. The van der Waals surface area contributed by atoms with Crippen molar-refractivity contribution in [1.29, 1.82) is 0 Å². The highest BCUT2D eigenvalue weighted by atomic mass is 32.2. The molecule has 0 aliphatic carbocycles. The van der Waals surface area contributed by atoms with Crippen molar-refractivity contribution in [2.75, 3.05) is 10.1 Å². The Kier molecular flexibility index (Phi) is 3.11. The van der Waals surface area contributed by atoms with Crippen molar-refractivity contribution < 1.29 is 8.28 Å². The summed E-state index contributed by atoms with van der Waals surface area (Å²) >= 11 is -0.269. The summed E-state index contributed by atoms with van der Waals surface area (Å²) in [6.45, 7) is 0. The summed E-state index contributed by atoms with van der Waals surface area (Å²) in [6.07, 6.45) is 2.75. The van der Waals surface area contributed by atoms with Crippen molar-refractivity contribution in [3.8, 4) is 5.69 Å². The van der Waals surface area contributed by atoms with Crippen LogP contribution in [-0.2, 0) is 0 Å². The van der Waals surface area contributed by atoms with Gasteiger partial charge in [-0.1, -0.05) is 0 Å². The molecule has 0 fully saturated rings. The summed E-state index contributed by atoms with van der Waals surface area (Å²) in [7, 11) is 0. The zero-order chi connectivity index (χ0) is 12.4. The molecule has 0 radical (unpaired) electrons. The van der Waals surface area contributed by atoms with Crippen LogP contribution in [0.3, 0.4) is 0 Å². The number of halogens is 2. The highest BCUT2D eigenvalue weighted by molar-refractivity contribution is 7.95. The number of nitrogens with two attached hydrogens (primary N) is 2. The maximum absolute atomic E-state index is 13.5. The quantitative estimate of drug-likeness (QED) is 0.372. The molecule has 1 heterocycles. The molecule has 0 saturated heterocycles. The van der Waals surface area contributed by atoms with Crippen molar-refractivity contribution >= 4 is 23.7 Å². The average Bonchev–Trinajstić information content (AvgIpc) is 2.85. The molecule has 4 N–H and O–H groups in total. The van der Waals surface area contributed by atoms with Crippen LogP contribution in [0.4, 0.5) is 19.7 Å². The first kappa shape index (κ1) is 11.6. The first-order valence-corrected chi connectivity index (χ1v) is 5.08. The average molecular weight is 258 g/mol. The van der Waals surface area contributed by atoms with Crippen LogP contribution in [0.15, 0.2) is 24.8 Å². The van der Waals surface area contributed by atoms with Crippen molar-refractivity contribution in [3.63, 3.8) is 0 Å². The standard InChI is InChI=1S/C8H8F2N6S/c9-6-1-5(15-3-13-14-4-15)2-7(8(6)11)16(12)17-10/h1-4H,11-12H2. The van der Waals surface area contributed by atoms with Gasteiger partial charge in [-0.3, -0.25) is 4.57 Å². The molecule has 2 rings (SSSR count). The molecule has 9 heteroatoms. The topological polar surface area (TPSA) is 86.0 Å². The summed E-state index contributed by atoms with van der Waals surface area (Å²) in [6, 6.07) is 2.60. The fourth-order valence-electron chi connectivity index (χ4n) is 1.29. The predicted octanol–water partition coefficient (Wildman–Crippen LogP) is 1.20. The number of rotatable bonds is 3. The molecule has 0 amide bonds. The minimum absolute atomic E-state index is 0.0289. The molecule has 0 aliphatic heterocycles. The lowest BCUT2D eigenvalue weighted by Gasteiger charge is -2.16. The van der Waals surface area contributed by atoms with E-state index in [1.54, 1.807) is 0 Å². The third-order valence-electron chi connectivity index (χ3n) is 2.12. The molecule has 0 bridgehead atoms. The number of hydrazine groups is 1. The van der Waals surface area contributed by atoms with Gasteiger partial charge in [-0.25, -0.2) is 14.6 Å². The first-order chi connectivity index (χ1) is 8.13. The number of hydrogen-bond donors (Lipinski definition) is 2. The van der Waals surface area contributed by atoms with E-state index in [0.717, 1.165) is 0 Å². The Bertz CT molecular complexity index is 517. The predicted molar refractivity (Wildman–Crippen MR) is 61.1 cm³/mol. The van der Waals surface area contributed by atoms with Crippen molar-refractivity contribution in [2.45, 2.75) is 0 Å². The number of nitrogens with zero attached hydrogens (tertiary/aromatic N) is 4. The van der Waals surface area contributed by atoms with E-state index in [9.17, 15) is 8.28 Å². The minimum atomic E-state index is -0.698. The Morgan fingerprint density at radius 3 is 2.53 bits per heavy atom. The molecule has 0 aliphatic rings. The monoisotopic (exact) mass is 258 g/mol.